The van der Waals surface area contributed by atoms with Crippen molar-refractivity contribution in [2.75, 3.05) is 20.8 Å². The first-order valence-electron chi connectivity index (χ1n) is 8.35. The van der Waals surface area contributed by atoms with Crippen molar-refractivity contribution < 1.29 is 14.3 Å². The molecule has 4 heteroatoms. The summed E-state index contributed by atoms with van der Waals surface area (Å²) >= 11 is 0. The fourth-order valence-electron chi connectivity index (χ4n) is 3.26. The SMILES string of the molecule is COc1ccc(/C=C2\NCCc3cc(C)c(C)cc32)c(C=O)c1OC. The molecule has 2 aromatic rings. The van der Waals surface area contributed by atoms with E-state index in [1.54, 1.807) is 14.2 Å². The molecular weight excluding hydrogens is 314 g/mol. The summed E-state index contributed by atoms with van der Waals surface area (Å²) in [6, 6.07) is 8.18. The second kappa shape index (κ2) is 7.01. The van der Waals surface area contributed by atoms with Crippen molar-refractivity contribution in [1.29, 1.82) is 0 Å². The number of fused-ring (bicyclic) bond motifs is 1. The van der Waals surface area contributed by atoms with Crippen LogP contribution in [0.1, 0.15) is 38.2 Å². The first kappa shape index (κ1) is 17.1. The Morgan fingerprint density at radius 3 is 2.52 bits per heavy atom. The van der Waals surface area contributed by atoms with Gasteiger partial charge in [0, 0.05) is 17.8 Å². The van der Waals surface area contributed by atoms with Gasteiger partial charge in [0.1, 0.15) is 0 Å². The van der Waals surface area contributed by atoms with Crippen molar-refractivity contribution in [3.8, 4) is 11.5 Å². The van der Waals surface area contributed by atoms with Gasteiger partial charge in [0.05, 0.1) is 19.8 Å². The highest BCUT2D eigenvalue weighted by molar-refractivity contribution is 5.92. The van der Waals surface area contributed by atoms with E-state index < -0.39 is 0 Å². The summed E-state index contributed by atoms with van der Waals surface area (Å²) in [5.74, 6) is 1.01. The summed E-state index contributed by atoms with van der Waals surface area (Å²) in [4.78, 5) is 11.7. The van der Waals surface area contributed by atoms with Gasteiger partial charge in [-0.3, -0.25) is 4.79 Å². The Labute approximate surface area is 148 Å². The Balaban J connectivity index is 2.15. The third-order valence-electron chi connectivity index (χ3n) is 4.75. The Morgan fingerprint density at radius 2 is 1.84 bits per heavy atom. The number of benzene rings is 2. The minimum Gasteiger partial charge on any atom is -0.493 e. The molecule has 0 unspecified atom stereocenters. The highest BCUT2D eigenvalue weighted by atomic mass is 16.5. The maximum absolute atomic E-state index is 11.7. The Morgan fingerprint density at radius 1 is 1.08 bits per heavy atom. The van der Waals surface area contributed by atoms with Crippen LogP contribution in [0.3, 0.4) is 0 Å². The fourth-order valence-corrected chi connectivity index (χ4v) is 3.26. The molecule has 0 spiro atoms. The second-order valence-corrected chi connectivity index (χ2v) is 6.25. The van der Waals surface area contributed by atoms with Crippen LogP contribution in [0.15, 0.2) is 24.3 Å². The van der Waals surface area contributed by atoms with Gasteiger partial charge in [0.2, 0.25) is 0 Å². The molecule has 2 aromatic carbocycles. The average molecular weight is 337 g/mol. The van der Waals surface area contributed by atoms with Gasteiger partial charge >= 0.3 is 0 Å². The van der Waals surface area contributed by atoms with Gasteiger partial charge in [-0.2, -0.15) is 0 Å². The highest BCUT2D eigenvalue weighted by Gasteiger charge is 2.18. The van der Waals surface area contributed by atoms with Crippen LogP contribution in [0.2, 0.25) is 0 Å². The number of aldehydes is 1. The summed E-state index contributed by atoms with van der Waals surface area (Å²) in [5.41, 5.74) is 7.42. The summed E-state index contributed by atoms with van der Waals surface area (Å²) in [7, 11) is 3.11. The molecule has 0 bridgehead atoms. The largest absolute Gasteiger partial charge is 0.493 e. The van der Waals surface area contributed by atoms with Crippen molar-refractivity contribution in [3.63, 3.8) is 0 Å². The quantitative estimate of drug-likeness (QED) is 0.863. The maximum atomic E-state index is 11.7. The maximum Gasteiger partial charge on any atom is 0.171 e. The molecule has 0 amide bonds. The summed E-state index contributed by atoms with van der Waals surface area (Å²) in [6.07, 6.45) is 3.83. The number of carbonyl (C=O) groups is 1. The van der Waals surface area contributed by atoms with Gasteiger partial charge in [0.25, 0.3) is 0 Å². The Kier molecular flexibility index (Phi) is 4.79. The van der Waals surface area contributed by atoms with Crippen LogP contribution in [-0.2, 0) is 6.42 Å². The lowest BCUT2D eigenvalue weighted by molar-refractivity contribution is 0.112. The van der Waals surface area contributed by atoms with E-state index in [1.807, 2.05) is 18.2 Å². The Bertz CT molecular complexity index is 853. The zero-order chi connectivity index (χ0) is 18.0. The molecule has 0 atom stereocenters. The van der Waals surface area contributed by atoms with E-state index in [0.717, 1.165) is 30.5 Å². The molecule has 25 heavy (non-hydrogen) atoms. The number of rotatable bonds is 4. The standard InChI is InChI=1S/C21H23NO3/c1-13-9-16-7-8-22-19(17(16)10-14(13)2)11-15-5-6-20(24-3)21(25-4)18(15)12-23/h5-6,9-12,22H,7-8H2,1-4H3/b19-11-. The van der Waals surface area contributed by atoms with E-state index in [0.29, 0.717) is 17.1 Å². The van der Waals surface area contributed by atoms with Crippen LogP contribution in [0.5, 0.6) is 11.5 Å². The molecule has 0 aromatic heterocycles. The molecule has 0 fully saturated rings. The van der Waals surface area contributed by atoms with E-state index in [-0.39, 0.29) is 0 Å². The number of ether oxygens (including phenoxy) is 2. The molecule has 1 aliphatic heterocycles. The lowest BCUT2D eigenvalue weighted by atomic mass is 9.92. The lowest BCUT2D eigenvalue weighted by Gasteiger charge is -2.23. The van der Waals surface area contributed by atoms with Crippen LogP contribution in [0.4, 0.5) is 0 Å². The number of methoxy groups -OCH3 is 2. The van der Waals surface area contributed by atoms with Crippen LogP contribution >= 0.6 is 0 Å². The summed E-state index contributed by atoms with van der Waals surface area (Å²) in [5, 5.41) is 3.46. The highest BCUT2D eigenvalue weighted by Crippen LogP contribution is 2.34. The zero-order valence-corrected chi connectivity index (χ0v) is 15.1. The molecule has 1 N–H and O–H groups in total. The second-order valence-electron chi connectivity index (χ2n) is 6.25. The number of aryl methyl sites for hydroxylation is 2. The number of hydrogen-bond acceptors (Lipinski definition) is 4. The van der Waals surface area contributed by atoms with E-state index in [4.69, 9.17) is 9.47 Å². The molecule has 1 heterocycles. The minimum absolute atomic E-state index is 0.461. The third kappa shape index (κ3) is 3.12. The predicted octanol–water partition coefficient (Wildman–Crippen LogP) is 3.78. The van der Waals surface area contributed by atoms with Crippen LogP contribution in [-0.4, -0.2) is 27.1 Å². The van der Waals surface area contributed by atoms with Crippen LogP contribution in [0, 0.1) is 13.8 Å². The number of carbonyl (C=O) groups excluding carboxylic acids is 1. The Hall–Kier alpha value is -2.75. The smallest absolute Gasteiger partial charge is 0.171 e. The molecule has 0 saturated heterocycles. The topological polar surface area (TPSA) is 47.6 Å². The van der Waals surface area contributed by atoms with E-state index in [9.17, 15) is 4.79 Å². The molecule has 0 aliphatic carbocycles. The van der Waals surface area contributed by atoms with Gasteiger partial charge < -0.3 is 14.8 Å². The first-order valence-corrected chi connectivity index (χ1v) is 8.35. The van der Waals surface area contributed by atoms with E-state index in [2.05, 4.69) is 31.3 Å². The van der Waals surface area contributed by atoms with Crippen LogP contribution < -0.4 is 14.8 Å². The molecule has 1 aliphatic rings. The molecule has 130 valence electrons. The van der Waals surface area contributed by atoms with Crippen molar-refractivity contribution >= 4 is 18.1 Å². The van der Waals surface area contributed by atoms with Gasteiger partial charge in [0.15, 0.2) is 17.8 Å². The van der Waals surface area contributed by atoms with Gasteiger partial charge in [-0.1, -0.05) is 12.1 Å². The average Bonchev–Trinajstić information content (AvgIpc) is 2.62. The van der Waals surface area contributed by atoms with Crippen molar-refractivity contribution in [2.45, 2.75) is 20.3 Å². The van der Waals surface area contributed by atoms with Crippen molar-refractivity contribution in [1.82, 2.24) is 5.32 Å². The van der Waals surface area contributed by atoms with Gasteiger partial charge in [-0.25, -0.2) is 0 Å². The van der Waals surface area contributed by atoms with E-state index >= 15 is 0 Å². The van der Waals surface area contributed by atoms with E-state index in [1.165, 1.54) is 22.3 Å². The summed E-state index contributed by atoms with van der Waals surface area (Å²) in [6.45, 7) is 5.14. The molecule has 4 nitrogen and oxygen atoms in total. The lowest BCUT2D eigenvalue weighted by Crippen LogP contribution is -2.23. The predicted molar refractivity (Wildman–Crippen MR) is 100 cm³/mol. The monoisotopic (exact) mass is 337 g/mol. The van der Waals surface area contributed by atoms with Crippen molar-refractivity contribution in [3.05, 3.63) is 57.6 Å². The first-order chi connectivity index (χ1) is 12.1. The van der Waals surface area contributed by atoms with Crippen molar-refractivity contribution in [2.24, 2.45) is 0 Å². The zero-order valence-electron chi connectivity index (χ0n) is 15.1. The third-order valence-corrected chi connectivity index (χ3v) is 4.75. The minimum atomic E-state index is 0.461. The number of hydrogen-bond donors (Lipinski definition) is 1. The molecule has 0 radical (unpaired) electrons. The number of nitrogens with one attached hydrogen (secondary N) is 1. The van der Waals surface area contributed by atoms with Crippen LogP contribution in [0.25, 0.3) is 11.8 Å². The molecular formula is C21H23NO3. The van der Waals surface area contributed by atoms with Gasteiger partial charge in [-0.15, -0.1) is 0 Å². The van der Waals surface area contributed by atoms with Gasteiger partial charge in [-0.05, 0) is 60.7 Å². The fraction of sp³-hybridized carbons (Fsp3) is 0.286. The molecule has 0 saturated carbocycles. The normalized spacial score (nSPS) is 14.6. The molecule has 3 rings (SSSR count). The summed E-state index contributed by atoms with van der Waals surface area (Å²) < 4.78 is 10.7.